The van der Waals surface area contributed by atoms with E-state index in [0.29, 0.717) is 17.9 Å². The summed E-state index contributed by atoms with van der Waals surface area (Å²) < 4.78 is 0. The summed E-state index contributed by atoms with van der Waals surface area (Å²) in [5.41, 5.74) is 6.54. The zero-order valence-corrected chi connectivity index (χ0v) is 20.7. The van der Waals surface area contributed by atoms with E-state index >= 15 is 0 Å². The number of carboxylic acid groups (broad SMARTS) is 1. The fourth-order valence-corrected chi connectivity index (χ4v) is 3.61. The number of hydrogen-bond acceptors (Lipinski definition) is 8. The molecule has 1 aromatic rings. The molecule has 0 aliphatic rings. The lowest BCUT2D eigenvalue weighted by Gasteiger charge is -2.25. The molecule has 0 fully saturated rings. The lowest BCUT2D eigenvalue weighted by molar-refractivity contribution is -0.145. The number of carbonyl (C=O) groups is 4. The van der Waals surface area contributed by atoms with Gasteiger partial charge in [0.05, 0.1) is 18.5 Å². The smallest absolute Gasteiger partial charge is 0.328 e. The van der Waals surface area contributed by atoms with Crippen LogP contribution in [0.2, 0.25) is 0 Å². The summed E-state index contributed by atoms with van der Waals surface area (Å²) in [7, 11) is 0. The number of hydrogen-bond donors (Lipinski definition) is 7. The topological polar surface area (TPSA) is 200 Å². The molecule has 1 heterocycles. The molecule has 0 saturated heterocycles. The highest BCUT2D eigenvalue weighted by molar-refractivity contribution is 7.98. The van der Waals surface area contributed by atoms with Crippen LogP contribution in [0.5, 0.6) is 0 Å². The van der Waals surface area contributed by atoms with Gasteiger partial charge >= 0.3 is 5.97 Å². The number of carbonyl (C=O) groups excluding carboxylic acids is 3. The first-order valence-electron chi connectivity index (χ1n) is 11.0. The second kappa shape index (κ2) is 14.6. The number of carboxylic acids is 1. The van der Waals surface area contributed by atoms with Gasteiger partial charge in [-0.2, -0.15) is 11.8 Å². The Balaban J connectivity index is 3.02. The van der Waals surface area contributed by atoms with Gasteiger partial charge in [-0.3, -0.25) is 14.4 Å². The van der Waals surface area contributed by atoms with Gasteiger partial charge in [-0.15, -0.1) is 0 Å². The van der Waals surface area contributed by atoms with Gasteiger partial charge in [-0.25, -0.2) is 9.78 Å². The molecule has 0 radical (unpaired) electrons. The first-order chi connectivity index (χ1) is 16.0. The number of H-pyrrole nitrogens is 1. The van der Waals surface area contributed by atoms with Crippen molar-refractivity contribution in [3.8, 4) is 0 Å². The highest BCUT2D eigenvalue weighted by atomic mass is 32.2. The normalized spacial score (nSPS) is 15.6. The lowest BCUT2D eigenvalue weighted by Crippen LogP contribution is -2.58. The molecule has 0 spiro atoms. The SMILES string of the molecule is CSCCC(NC(=O)C(Cc1cnc[nH]1)NC(=O)C(N)CC(C)C)C(=O)NC(C(=O)O)C(C)O. The molecule has 13 heteroatoms. The maximum atomic E-state index is 13.1. The van der Waals surface area contributed by atoms with E-state index < -0.39 is 54.0 Å². The summed E-state index contributed by atoms with van der Waals surface area (Å²) in [4.78, 5) is 56.6. The molecule has 5 atom stereocenters. The predicted molar refractivity (Wildman–Crippen MR) is 128 cm³/mol. The summed E-state index contributed by atoms with van der Waals surface area (Å²) in [6.07, 6.45) is 4.15. The number of aliphatic hydroxyl groups is 1. The van der Waals surface area contributed by atoms with Crippen molar-refractivity contribution in [3.63, 3.8) is 0 Å². The first kappa shape index (κ1) is 29.4. The van der Waals surface area contributed by atoms with Crippen LogP contribution in [0.3, 0.4) is 0 Å². The number of amides is 3. The van der Waals surface area contributed by atoms with Crippen LogP contribution in [0.15, 0.2) is 12.5 Å². The zero-order chi connectivity index (χ0) is 25.8. The fourth-order valence-electron chi connectivity index (χ4n) is 3.14. The molecular weight excluding hydrogens is 464 g/mol. The van der Waals surface area contributed by atoms with E-state index in [1.165, 1.54) is 31.2 Å². The Morgan fingerprint density at radius 2 is 1.71 bits per heavy atom. The fraction of sp³-hybridized carbons (Fsp3) is 0.667. The maximum absolute atomic E-state index is 13.1. The quantitative estimate of drug-likeness (QED) is 0.158. The van der Waals surface area contributed by atoms with Gasteiger partial charge in [0.2, 0.25) is 17.7 Å². The van der Waals surface area contributed by atoms with Crippen LogP contribution >= 0.6 is 11.8 Å². The summed E-state index contributed by atoms with van der Waals surface area (Å²) in [5, 5.41) is 26.4. The van der Waals surface area contributed by atoms with Crippen molar-refractivity contribution in [2.24, 2.45) is 11.7 Å². The number of rotatable bonds is 15. The molecule has 0 aliphatic carbocycles. The van der Waals surface area contributed by atoms with Crippen LogP contribution < -0.4 is 21.7 Å². The molecule has 3 amide bonds. The maximum Gasteiger partial charge on any atom is 0.328 e. The van der Waals surface area contributed by atoms with Crippen molar-refractivity contribution in [1.29, 1.82) is 0 Å². The Labute approximate surface area is 203 Å². The minimum absolute atomic E-state index is 0.0776. The van der Waals surface area contributed by atoms with E-state index in [2.05, 4.69) is 25.9 Å². The molecule has 0 aromatic carbocycles. The third-order valence-electron chi connectivity index (χ3n) is 4.96. The Bertz CT molecular complexity index is 804. The van der Waals surface area contributed by atoms with Crippen molar-refractivity contribution in [1.82, 2.24) is 25.9 Å². The van der Waals surface area contributed by atoms with Gasteiger partial charge in [0.15, 0.2) is 6.04 Å². The number of aromatic nitrogens is 2. The van der Waals surface area contributed by atoms with Crippen molar-refractivity contribution in [3.05, 3.63) is 18.2 Å². The van der Waals surface area contributed by atoms with Gasteiger partial charge in [0, 0.05) is 18.3 Å². The number of aromatic amines is 1. The number of imidazole rings is 1. The molecule has 1 aromatic heterocycles. The van der Waals surface area contributed by atoms with Gasteiger partial charge < -0.3 is 36.9 Å². The minimum Gasteiger partial charge on any atom is -0.480 e. The number of aliphatic hydroxyl groups excluding tert-OH is 1. The van der Waals surface area contributed by atoms with E-state index in [1.807, 2.05) is 20.1 Å². The molecule has 0 bridgehead atoms. The van der Waals surface area contributed by atoms with Gasteiger partial charge in [0.1, 0.15) is 12.1 Å². The van der Waals surface area contributed by atoms with E-state index in [1.54, 1.807) is 0 Å². The number of thioether (sulfide) groups is 1. The van der Waals surface area contributed by atoms with Crippen LogP contribution in [0, 0.1) is 5.92 Å². The van der Waals surface area contributed by atoms with E-state index in [-0.39, 0.29) is 18.8 Å². The minimum atomic E-state index is -1.53. The van der Waals surface area contributed by atoms with Crippen LogP contribution in [0.25, 0.3) is 0 Å². The van der Waals surface area contributed by atoms with Gasteiger partial charge in [-0.05, 0) is 37.7 Å². The van der Waals surface area contributed by atoms with Crippen molar-refractivity contribution in [2.45, 2.75) is 70.3 Å². The van der Waals surface area contributed by atoms with E-state index in [0.717, 1.165) is 0 Å². The number of nitrogens with zero attached hydrogens (tertiary/aromatic N) is 1. The number of aliphatic carboxylic acids is 1. The van der Waals surface area contributed by atoms with Crippen molar-refractivity contribution in [2.75, 3.05) is 12.0 Å². The summed E-state index contributed by atoms with van der Waals surface area (Å²) in [6.45, 7) is 5.09. The van der Waals surface area contributed by atoms with Crippen molar-refractivity contribution < 1.29 is 29.4 Å². The molecular formula is C21H36N6O6S. The van der Waals surface area contributed by atoms with Crippen LogP contribution in [0.4, 0.5) is 0 Å². The Kier molecular flexibility index (Phi) is 12.6. The monoisotopic (exact) mass is 500 g/mol. The first-order valence-corrected chi connectivity index (χ1v) is 12.4. The molecule has 0 saturated carbocycles. The van der Waals surface area contributed by atoms with Gasteiger partial charge in [0.25, 0.3) is 0 Å². The van der Waals surface area contributed by atoms with Crippen LogP contribution in [-0.2, 0) is 25.6 Å². The number of nitrogens with two attached hydrogens (primary N) is 1. The predicted octanol–water partition coefficient (Wildman–Crippen LogP) is -1.00. The molecule has 0 aliphatic heterocycles. The average molecular weight is 501 g/mol. The standard InChI is InChI=1S/C21H36N6O6S/c1-11(2)7-14(22)18(29)26-16(8-13-9-23-10-24-13)20(31)25-15(5-6-34-4)19(30)27-17(12(3)28)21(32)33/h9-12,14-17,28H,5-8,22H2,1-4H3,(H,23,24)(H,25,31)(H,26,29)(H,27,30)(H,32,33). The molecule has 5 unspecified atom stereocenters. The molecule has 34 heavy (non-hydrogen) atoms. The number of nitrogens with one attached hydrogen (secondary N) is 4. The summed E-state index contributed by atoms with van der Waals surface area (Å²) >= 11 is 1.44. The Morgan fingerprint density at radius 3 is 2.21 bits per heavy atom. The van der Waals surface area contributed by atoms with Crippen molar-refractivity contribution >= 4 is 35.5 Å². The highest BCUT2D eigenvalue weighted by Gasteiger charge is 2.32. The summed E-state index contributed by atoms with van der Waals surface area (Å²) in [6, 6.07) is -4.47. The molecule has 192 valence electrons. The average Bonchev–Trinajstić information content (AvgIpc) is 3.26. The van der Waals surface area contributed by atoms with Crippen LogP contribution in [-0.4, -0.2) is 86.2 Å². The highest BCUT2D eigenvalue weighted by Crippen LogP contribution is 2.07. The Hall–Kier alpha value is -2.64. The Morgan fingerprint density at radius 1 is 1.09 bits per heavy atom. The third-order valence-corrected chi connectivity index (χ3v) is 5.61. The second-order valence-electron chi connectivity index (χ2n) is 8.49. The zero-order valence-electron chi connectivity index (χ0n) is 19.9. The molecule has 12 nitrogen and oxygen atoms in total. The molecule has 8 N–H and O–H groups in total. The third kappa shape index (κ3) is 10.1. The second-order valence-corrected chi connectivity index (χ2v) is 9.47. The summed E-state index contributed by atoms with van der Waals surface area (Å²) in [5.74, 6) is -2.61. The lowest BCUT2D eigenvalue weighted by atomic mass is 10.0. The van der Waals surface area contributed by atoms with E-state index in [9.17, 15) is 29.4 Å². The van der Waals surface area contributed by atoms with Crippen LogP contribution in [0.1, 0.15) is 39.3 Å². The largest absolute Gasteiger partial charge is 0.480 e. The van der Waals surface area contributed by atoms with Gasteiger partial charge in [-0.1, -0.05) is 13.8 Å². The van der Waals surface area contributed by atoms with E-state index in [4.69, 9.17) is 5.73 Å². The molecule has 1 rings (SSSR count).